The van der Waals surface area contributed by atoms with Crippen LogP contribution in [0, 0.1) is 20.8 Å². The van der Waals surface area contributed by atoms with Crippen molar-refractivity contribution in [2.75, 3.05) is 11.3 Å². The fourth-order valence-corrected chi connectivity index (χ4v) is 4.73. The molecule has 0 saturated heterocycles. The van der Waals surface area contributed by atoms with Crippen LogP contribution in [0.3, 0.4) is 0 Å². The number of para-hydroxylation sites is 1. The minimum absolute atomic E-state index is 0.0266. The number of anilines is 1. The van der Waals surface area contributed by atoms with Crippen molar-refractivity contribution >= 4 is 21.7 Å². The number of rotatable bonds is 6. The smallest absolute Gasteiger partial charge is 0.341 e. The number of sulfonamides is 1. The van der Waals surface area contributed by atoms with E-state index in [0.29, 0.717) is 23.5 Å². The third-order valence-corrected chi connectivity index (χ3v) is 6.16. The lowest BCUT2D eigenvalue weighted by molar-refractivity contribution is 0.0521. The number of aromatic nitrogens is 1. The highest BCUT2D eigenvalue weighted by Gasteiger charge is 2.32. The average molecular weight is 378 g/mol. The molecule has 0 aliphatic heterocycles. The third-order valence-electron chi connectivity index (χ3n) is 4.65. The molecule has 2 aromatic rings. The van der Waals surface area contributed by atoms with E-state index < -0.39 is 16.0 Å². The Balaban J connectivity index is 2.64. The van der Waals surface area contributed by atoms with Gasteiger partial charge in [0, 0.05) is 18.4 Å². The van der Waals surface area contributed by atoms with Crippen LogP contribution < -0.4 is 4.72 Å². The molecule has 0 fully saturated rings. The molecule has 0 unspecified atom stereocenters. The molecule has 0 amide bonds. The Morgan fingerprint density at radius 2 is 1.81 bits per heavy atom. The Hall–Kier alpha value is -2.28. The normalized spacial score (nSPS) is 11.5. The van der Waals surface area contributed by atoms with Crippen LogP contribution in [0.4, 0.5) is 5.69 Å². The predicted molar refractivity (Wildman–Crippen MR) is 102 cm³/mol. The molecule has 2 rings (SSSR count). The molecule has 6 nitrogen and oxygen atoms in total. The van der Waals surface area contributed by atoms with Crippen LogP contribution in [0.25, 0.3) is 0 Å². The van der Waals surface area contributed by atoms with E-state index in [1.165, 1.54) is 0 Å². The zero-order valence-corrected chi connectivity index (χ0v) is 17.0. The summed E-state index contributed by atoms with van der Waals surface area (Å²) in [5.41, 5.74) is 3.43. The minimum Gasteiger partial charge on any atom is -0.462 e. The van der Waals surface area contributed by atoms with Crippen molar-refractivity contribution in [2.45, 2.75) is 45.9 Å². The molecular formula is C19H26N2O4S. The monoisotopic (exact) mass is 378 g/mol. The standard InChI is InChI=1S/C19H26N2O4S/c1-7-15-11-9-10-12(3)17(15)20-26(23,24)18-14(5)21(6)13(4)16(18)19(22)25-8-2/h9-11,20H,7-8H2,1-6H3. The van der Waals surface area contributed by atoms with Gasteiger partial charge in [-0.3, -0.25) is 4.72 Å². The summed E-state index contributed by atoms with van der Waals surface area (Å²) in [5.74, 6) is -0.630. The highest BCUT2D eigenvalue weighted by Crippen LogP contribution is 2.31. The first-order chi connectivity index (χ1) is 12.2. The van der Waals surface area contributed by atoms with Crippen molar-refractivity contribution in [3.8, 4) is 0 Å². The maximum atomic E-state index is 13.2. The average Bonchev–Trinajstić information content (AvgIpc) is 2.81. The zero-order chi connectivity index (χ0) is 19.6. The number of hydrogen-bond donors (Lipinski definition) is 1. The largest absolute Gasteiger partial charge is 0.462 e. The number of esters is 1. The lowest BCUT2D eigenvalue weighted by atomic mass is 10.1. The van der Waals surface area contributed by atoms with Crippen molar-refractivity contribution in [1.82, 2.24) is 4.57 Å². The van der Waals surface area contributed by atoms with Crippen LogP contribution in [0.15, 0.2) is 23.1 Å². The highest BCUT2D eigenvalue weighted by molar-refractivity contribution is 7.92. The molecule has 1 aromatic carbocycles. The summed E-state index contributed by atoms with van der Waals surface area (Å²) in [7, 11) is -2.23. The number of nitrogens with zero attached hydrogens (tertiary/aromatic N) is 1. The lowest BCUT2D eigenvalue weighted by Gasteiger charge is -2.15. The second-order valence-corrected chi connectivity index (χ2v) is 7.84. The van der Waals surface area contributed by atoms with E-state index in [9.17, 15) is 13.2 Å². The van der Waals surface area contributed by atoms with E-state index in [2.05, 4.69) is 4.72 Å². The number of nitrogens with one attached hydrogen (secondary N) is 1. The quantitative estimate of drug-likeness (QED) is 0.781. The van der Waals surface area contributed by atoms with Gasteiger partial charge in [0.15, 0.2) is 0 Å². The Kier molecular flexibility index (Phi) is 5.81. The van der Waals surface area contributed by atoms with E-state index >= 15 is 0 Å². The molecule has 26 heavy (non-hydrogen) atoms. The Morgan fingerprint density at radius 3 is 2.38 bits per heavy atom. The summed E-state index contributed by atoms with van der Waals surface area (Å²) in [6.07, 6.45) is 0.692. The molecule has 0 spiro atoms. The van der Waals surface area contributed by atoms with Crippen LogP contribution in [0.5, 0.6) is 0 Å². The van der Waals surface area contributed by atoms with Crippen molar-refractivity contribution in [1.29, 1.82) is 0 Å². The van der Waals surface area contributed by atoms with Crippen molar-refractivity contribution in [2.24, 2.45) is 7.05 Å². The van der Waals surface area contributed by atoms with E-state index in [1.54, 1.807) is 32.4 Å². The number of carbonyl (C=O) groups is 1. The van der Waals surface area contributed by atoms with Gasteiger partial charge < -0.3 is 9.30 Å². The van der Waals surface area contributed by atoms with Crippen molar-refractivity contribution in [3.63, 3.8) is 0 Å². The Morgan fingerprint density at radius 1 is 1.15 bits per heavy atom. The second kappa shape index (κ2) is 7.53. The molecule has 0 radical (unpaired) electrons. The highest BCUT2D eigenvalue weighted by atomic mass is 32.2. The summed E-state index contributed by atoms with van der Waals surface area (Å²) >= 11 is 0. The first kappa shape index (κ1) is 20.0. The molecule has 1 N–H and O–H groups in total. The van der Waals surface area contributed by atoms with Gasteiger partial charge in [0.05, 0.1) is 12.3 Å². The minimum atomic E-state index is -3.97. The fourth-order valence-electron chi connectivity index (χ4n) is 3.04. The molecule has 0 aliphatic rings. The molecule has 0 bridgehead atoms. The van der Waals surface area contributed by atoms with Gasteiger partial charge in [0.1, 0.15) is 10.5 Å². The van der Waals surface area contributed by atoms with Gasteiger partial charge in [-0.05, 0) is 45.2 Å². The van der Waals surface area contributed by atoms with Crippen LogP contribution >= 0.6 is 0 Å². The third kappa shape index (κ3) is 3.49. The maximum Gasteiger partial charge on any atom is 0.341 e. The Labute approximate surface area is 155 Å². The maximum absolute atomic E-state index is 13.2. The van der Waals surface area contributed by atoms with Crippen LogP contribution in [0.2, 0.25) is 0 Å². The van der Waals surface area contributed by atoms with Gasteiger partial charge in [-0.1, -0.05) is 25.1 Å². The predicted octanol–water partition coefficient (Wildman–Crippen LogP) is 3.49. The molecule has 0 saturated carbocycles. The van der Waals surface area contributed by atoms with Crippen LogP contribution in [-0.4, -0.2) is 25.6 Å². The Bertz CT molecular complexity index is 943. The summed E-state index contributed by atoms with van der Waals surface area (Å²) < 4.78 is 35.9. The summed E-state index contributed by atoms with van der Waals surface area (Å²) in [6.45, 7) is 9.08. The van der Waals surface area contributed by atoms with E-state index in [0.717, 1.165) is 11.1 Å². The number of carbonyl (C=O) groups excluding carboxylic acids is 1. The molecular weight excluding hydrogens is 352 g/mol. The number of hydrogen-bond acceptors (Lipinski definition) is 4. The second-order valence-electron chi connectivity index (χ2n) is 6.22. The summed E-state index contributed by atoms with van der Waals surface area (Å²) in [5, 5.41) is 0. The molecule has 142 valence electrons. The number of aryl methyl sites for hydroxylation is 2. The van der Waals surface area contributed by atoms with Gasteiger partial charge in [-0.2, -0.15) is 0 Å². The van der Waals surface area contributed by atoms with E-state index in [1.807, 2.05) is 32.0 Å². The van der Waals surface area contributed by atoms with Crippen LogP contribution in [0.1, 0.15) is 46.7 Å². The van der Waals surface area contributed by atoms with Gasteiger partial charge in [0.25, 0.3) is 10.0 Å². The number of ether oxygens (including phenoxy) is 1. The zero-order valence-electron chi connectivity index (χ0n) is 16.1. The first-order valence-corrected chi connectivity index (χ1v) is 10.1. The van der Waals surface area contributed by atoms with Gasteiger partial charge in [-0.15, -0.1) is 0 Å². The molecule has 1 aromatic heterocycles. The molecule has 7 heteroatoms. The topological polar surface area (TPSA) is 77.4 Å². The molecule has 0 aliphatic carbocycles. The van der Waals surface area contributed by atoms with Gasteiger partial charge >= 0.3 is 5.97 Å². The SMILES string of the molecule is CCOC(=O)c1c(S(=O)(=O)Nc2c(C)cccc2CC)c(C)n(C)c1C. The van der Waals surface area contributed by atoms with E-state index in [-0.39, 0.29) is 17.1 Å². The van der Waals surface area contributed by atoms with E-state index in [4.69, 9.17) is 4.74 Å². The van der Waals surface area contributed by atoms with Crippen LogP contribution in [-0.2, 0) is 28.2 Å². The van der Waals surface area contributed by atoms with Crippen molar-refractivity contribution in [3.05, 3.63) is 46.3 Å². The fraction of sp³-hybridized carbons (Fsp3) is 0.421. The first-order valence-electron chi connectivity index (χ1n) is 8.59. The lowest BCUT2D eigenvalue weighted by Crippen LogP contribution is -2.19. The summed E-state index contributed by atoms with van der Waals surface area (Å²) in [6, 6.07) is 5.64. The molecule has 1 heterocycles. The molecule has 0 atom stereocenters. The van der Waals surface area contributed by atoms with Crippen molar-refractivity contribution < 1.29 is 17.9 Å². The summed E-state index contributed by atoms with van der Waals surface area (Å²) in [4.78, 5) is 12.4. The van der Waals surface area contributed by atoms with Gasteiger partial charge in [-0.25, -0.2) is 13.2 Å². The van der Waals surface area contributed by atoms with Gasteiger partial charge in [0.2, 0.25) is 0 Å². The number of benzene rings is 1.